The van der Waals surface area contributed by atoms with Gasteiger partial charge in [0.05, 0.1) is 6.61 Å². The van der Waals surface area contributed by atoms with Crippen LogP contribution in [0.4, 0.5) is 0 Å². The molecule has 0 spiro atoms. The first-order chi connectivity index (χ1) is 9.43. The SMILES string of the molecule is CCOC(=O)CC(C)CC(N)c1ccc(C(C)C)cc1. The highest BCUT2D eigenvalue weighted by atomic mass is 16.5. The van der Waals surface area contributed by atoms with E-state index in [0.717, 1.165) is 12.0 Å². The summed E-state index contributed by atoms with van der Waals surface area (Å²) in [6.07, 6.45) is 1.23. The van der Waals surface area contributed by atoms with Crippen molar-refractivity contribution in [2.45, 2.75) is 52.5 Å². The van der Waals surface area contributed by atoms with Crippen molar-refractivity contribution in [2.24, 2.45) is 11.7 Å². The van der Waals surface area contributed by atoms with Crippen LogP contribution in [0.1, 0.15) is 63.6 Å². The molecule has 2 N–H and O–H groups in total. The highest BCUT2D eigenvalue weighted by Crippen LogP contribution is 2.23. The van der Waals surface area contributed by atoms with Gasteiger partial charge in [-0.3, -0.25) is 4.79 Å². The van der Waals surface area contributed by atoms with Gasteiger partial charge in [0.25, 0.3) is 0 Å². The van der Waals surface area contributed by atoms with Gasteiger partial charge >= 0.3 is 5.97 Å². The van der Waals surface area contributed by atoms with Crippen LogP contribution in [0.25, 0.3) is 0 Å². The molecule has 0 radical (unpaired) electrons. The number of carbonyl (C=O) groups is 1. The molecule has 3 nitrogen and oxygen atoms in total. The topological polar surface area (TPSA) is 52.3 Å². The Labute approximate surface area is 122 Å². The molecule has 0 saturated carbocycles. The smallest absolute Gasteiger partial charge is 0.306 e. The summed E-state index contributed by atoms with van der Waals surface area (Å²) >= 11 is 0. The van der Waals surface area contributed by atoms with Crippen LogP contribution in [0.5, 0.6) is 0 Å². The maximum Gasteiger partial charge on any atom is 0.306 e. The quantitative estimate of drug-likeness (QED) is 0.771. The third-order valence-corrected chi connectivity index (χ3v) is 3.51. The largest absolute Gasteiger partial charge is 0.466 e. The van der Waals surface area contributed by atoms with Crippen LogP contribution in [0.2, 0.25) is 0 Å². The molecule has 20 heavy (non-hydrogen) atoms. The fourth-order valence-corrected chi connectivity index (χ4v) is 2.29. The van der Waals surface area contributed by atoms with E-state index in [0.29, 0.717) is 18.9 Å². The Balaban J connectivity index is 2.53. The van der Waals surface area contributed by atoms with E-state index in [1.54, 1.807) is 0 Å². The van der Waals surface area contributed by atoms with Gasteiger partial charge in [0, 0.05) is 12.5 Å². The average Bonchev–Trinajstić information content (AvgIpc) is 2.38. The second kappa shape index (κ2) is 8.05. The first-order valence-corrected chi connectivity index (χ1v) is 7.45. The van der Waals surface area contributed by atoms with E-state index < -0.39 is 0 Å². The molecule has 2 atom stereocenters. The number of esters is 1. The summed E-state index contributed by atoms with van der Waals surface area (Å²) in [5.74, 6) is 0.624. The molecule has 0 amide bonds. The summed E-state index contributed by atoms with van der Waals surface area (Å²) in [4.78, 5) is 11.4. The van der Waals surface area contributed by atoms with Crippen LogP contribution in [-0.2, 0) is 9.53 Å². The number of hydrogen-bond donors (Lipinski definition) is 1. The lowest BCUT2D eigenvalue weighted by Gasteiger charge is -2.17. The highest BCUT2D eigenvalue weighted by molar-refractivity contribution is 5.69. The van der Waals surface area contributed by atoms with Crippen LogP contribution < -0.4 is 5.73 Å². The molecule has 1 aromatic rings. The van der Waals surface area contributed by atoms with Crippen LogP contribution in [-0.4, -0.2) is 12.6 Å². The molecular formula is C17H27NO2. The van der Waals surface area contributed by atoms with E-state index in [1.807, 2.05) is 13.8 Å². The molecule has 0 aliphatic heterocycles. The number of benzene rings is 1. The molecule has 0 heterocycles. The molecule has 0 aromatic heterocycles. The number of nitrogens with two attached hydrogens (primary N) is 1. The van der Waals surface area contributed by atoms with Crippen molar-refractivity contribution in [1.29, 1.82) is 0 Å². The number of hydrogen-bond acceptors (Lipinski definition) is 3. The summed E-state index contributed by atoms with van der Waals surface area (Å²) in [6, 6.07) is 8.43. The Morgan fingerprint density at radius 1 is 1.15 bits per heavy atom. The van der Waals surface area contributed by atoms with Crippen molar-refractivity contribution in [1.82, 2.24) is 0 Å². The van der Waals surface area contributed by atoms with Gasteiger partial charge in [0.15, 0.2) is 0 Å². The lowest BCUT2D eigenvalue weighted by atomic mass is 9.93. The van der Waals surface area contributed by atoms with Crippen molar-refractivity contribution < 1.29 is 9.53 Å². The fourth-order valence-electron chi connectivity index (χ4n) is 2.29. The van der Waals surface area contributed by atoms with Gasteiger partial charge in [-0.15, -0.1) is 0 Å². The van der Waals surface area contributed by atoms with E-state index in [4.69, 9.17) is 10.5 Å². The average molecular weight is 277 g/mol. The van der Waals surface area contributed by atoms with E-state index >= 15 is 0 Å². The Kier molecular flexibility index (Phi) is 6.73. The van der Waals surface area contributed by atoms with Crippen molar-refractivity contribution in [2.75, 3.05) is 6.61 Å². The summed E-state index contributed by atoms with van der Waals surface area (Å²) in [7, 11) is 0. The number of carbonyl (C=O) groups excluding carboxylic acids is 1. The predicted octanol–water partition coefficient (Wildman–Crippen LogP) is 3.79. The highest BCUT2D eigenvalue weighted by Gasteiger charge is 2.15. The maximum atomic E-state index is 11.4. The zero-order valence-electron chi connectivity index (χ0n) is 13.1. The monoisotopic (exact) mass is 277 g/mol. The first-order valence-electron chi connectivity index (χ1n) is 7.45. The lowest BCUT2D eigenvalue weighted by molar-refractivity contribution is -0.144. The Morgan fingerprint density at radius 3 is 2.20 bits per heavy atom. The Morgan fingerprint density at radius 2 is 1.70 bits per heavy atom. The van der Waals surface area contributed by atoms with Gasteiger partial charge in [-0.05, 0) is 36.3 Å². The Hall–Kier alpha value is -1.35. The molecule has 0 saturated heterocycles. The van der Waals surface area contributed by atoms with Crippen LogP contribution in [0.3, 0.4) is 0 Å². The molecular weight excluding hydrogens is 250 g/mol. The minimum atomic E-state index is -0.137. The van der Waals surface area contributed by atoms with Gasteiger partial charge in [-0.1, -0.05) is 45.0 Å². The second-order valence-electron chi connectivity index (χ2n) is 5.78. The molecule has 3 heteroatoms. The van der Waals surface area contributed by atoms with Gasteiger partial charge in [0.1, 0.15) is 0 Å². The normalized spacial score (nSPS) is 14.1. The zero-order valence-corrected chi connectivity index (χ0v) is 13.1. The molecule has 0 aliphatic carbocycles. The van der Waals surface area contributed by atoms with Gasteiger partial charge in [0.2, 0.25) is 0 Å². The van der Waals surface area contributed by atoms with Crippen molar-refractivity contribution >= 4 is 5.97 Å². The van der Waals surface area contributed by atoms with Gasteiger partial charge < -0.3 is 10.5 Å². The summed E-state index contributed by atoms with van der Waals surface area (Å²) < 4.78 is 4.96. The summed E-state index contributed by atoms with van der Waals surface area (Å²) in [5.41, 5.74) is 8.67. The number of ether oxygens (including phenoxy) is 1. The van der Waals surface area contributed by atoms with Crippen molar-refractivity contribution in [3.8, 4) is 0 Å². The van der Waals surface area contributed by atoms with Crippen molar-refractivity contribution in [3.05, 3.63) is 35.4 Å². The maximum absolute atomic E-state index is 11.4. The molecule has 2 unspecified atom stereocenters. The van der Waals surface area contributed by atoms with Crippen molar-refractivity contribution in [3.63, 3.8) is 0 Å². The molecule has 0 aliphatic rings. The minimum Gasteiger partial charge on any atom is -0.466 e. The van der Waals surface area contributed by atoms with Gasteiger partial charge in [-0.2, -0.15) is 0 Å². The standard InChI is InChI=1S/C17H27NO2/c1-5-20-17(19)11-13(4)10-16(18)15-8-6-14(7-9-15)12(2)3/h6-9,12-13,16H,5,10-11,18H2,1-4H3. The zero-order chi connectivity index (χ0) is 15.1. The third kappa shape index (κ3) is 5.33. The van der Waals surface area contributed by atoms with E-state index in [9.17, 15) is 4.79 Å². The first kappa shape index (κ1) is 16.7. The molecule has 1 aromatic carbocycles. The lowest BCUT2D eigenvalue weighted by Crippen LogP contribution is -2.17. The number of rotatable bonds is 7. The van der Waals surface area contributed by atoms with E-state index in [1.165, 1.54) is 5.56 Å². The van der Waals surface area contributed by atoms with Gasteiger partial charge in [-0.25, -0.2) is 0 Å². The predicted molar refractivity (Wildman–Crippen MR) is 82.5 cm³/mol. The second-order valence-corrected chi connectivity index (χ2v) is 5.78. The molecule has 0 fully saturated rings. The van der Waals surface area contributed by atoms with E-state index in [2.05, 4.69) is 38.1 Å². The molecule has 112 valence electrons. The van der Waals surface area contributed by atoms with Crippen LogP contribution >= 0.6 is 0 Å². The van der Waals surface area contributed by atoms with E-state index in [-0.39, 0.29) is 17.9 Å². The van der Waals surface area contributed by atoms with Crippen LogP contribution in [0.15, 0.2) is 24.3 Å². The minimum absolute atomic E-state index is 0.0272. The Bertz CT molecular complexity index is 412. The van der Waals surface area contributed by atoms with Crippen LogP contribution in [0, 0.1) is 5.92 Å². The third-order valence-electron chi connectivity index (χ3n) is 3.51. The summed E-state index contributed by atoms with van der Waals surface area (Å²) in [6.45, 7) is 8.66. The molecule has 1 rings (SSSR count). The fraction of sp³-hybridized carbons (Fsp3) is 0.588. The summed E-state index contributed by atoms with van der Waals surface area (Å²) in [5, 5.41) is 0. The molecule has 0 bridgehead atoms.